The molecule has 0 N–H and O–H groups in total. The van der Waals surface area contributed by atoms with Crippen LogP contribution >= 0.6 is 0 Å². The van der Waals surface area contributed by atoms with Crippen LogP contribution in [0.4, 0.5) is 0 Å². The molecule has 0 heterocycles. The zero-order valence-corrected chi connectivity index (χ0v) is 9.37. The number of aryl methyl sites for hydroxylation is 1. The molecule has 3 rings (SSSR count). The van der Waals surface area contributed by atoms with Gasteiger partial charge in [-0.2, -0.15) is 0 Å². The van der Waals surface area contributed by atoms with E-state index in [9.17, 15) is 0 Å². The van der Waals surface area contributed by atoms with E-state index in [4.69, 9.17) is 0 Å². The van der Waals surface area contributed by atoms with Gasteiger partial charge >= 0.3 is 0 Å². The van der Waals surface area contributed by atoms with Crippen molar-refractivity contribution in [3.8, 4) is 0 Å². The highest BCUT2D eigenvalue weighted by Crippen LogP contribution is 2.50. The van der Waals surface area contributed by atoms with Crippen LogP contribution in [-0.4, -0.2) is 0 Å². The van der Waals surface area contributed by atoms with Crippen LogP contribution in [0.3, 0.4) is 0 Å². The summed E-state index contributed by atoms with van der Waals surface area (Å²) >= 11 is 0. The van der Waals surface area contributed by atoms with Crippen molar-refractivity contribution in [2.24, 2.45) is 11.3 Å². The number of benzene rings is 1. The third-order valence-electron chi connectivity index (χ3n) is 4.08. The van der Waals surface area contributed by atoms with Crippen LogP contribution in [0.2, 0.25) is 0 Å². The summed E-state index contributed by atoms with van der Waals surface area (Å²) in [6.07, 6.45) is 10.4. The standard InChI is InChI=1S/C15H18/c1-12-2-4-13(5-3-12)10-15-8-6-14(11-15)7-9-15/h2-6,8,14H,7,9-11H2,1H3. The first-order valence-corrected chi connectivity index (χ1v) is 6.01. The van der Waals surface area contributed by atoms with E-state index >= 15 is 0 Å². The average Bonchev–Trinajstić information content (AvgIpc) is 2.81. The molecule has 2 atom stereocenters. The average molecular weight is 198 g/mol. The second kappa shape index (κ2) is 3.23. The SMILES string of the molecule is Cc1ccc(CC23C=CC(CC2)C3)cc1. The first-order valence-electron chi connectivity index (χ1n) is 6.01. The fourth-order valence-electron chi connectivity index (χ4n) is 3.19. The van der Waals surface area contributed by atoms with Crippen LogP contribution in [0.15, 0.2) is 36.4 Å². The van der Waals surface area contributed by atoms with Crippen molar-refractivity contribution in [3.63, 3.8) is 0 Å². The van der Waals surface area contributed by atoms with Gasteiger partial charge in [0, 0.05) is 0 Å². The maximum atomic E-state index is 2.49. The molecular formula is C15H18. The Kier molecular flexibility index (Phi) is 1.98. The monoisotopic (exact) mass is 198 g/mol. The Morgan fingerprint density at radius 3 is 2.60 bits per heavy atom. The van der Waals surface area contributed by atoms with Gasteiger partial charge in [0.05, 0.1) is 0 Å². The molecule has 2 unspecified atom stereocenters. The van der Waals surface area contributed by atoms with Crippen LogP contribution in [-0.2, 0) is 6.42 Å². The van der Waals surface area contributed by atoms with Gasteiger partial charge in [-0.15, -0.1) is 0 Å². The molecule has 78 valence electrons. The van der Waals surface area contributed by atoms with E-state index in [1.54, 1.807) is 0 Å². The second-order valence-electron chi connectivity index (χ2n) is 5.39. The molecule has 0 nitrogen and oxygen atoms in total. The van der Waals surface area contributed by atoms with Gasteiger partial charge in [0.25, 0.3) is 0 Å². The Morgan fingerprint density at radius 1 is 1.27 bits per heavy atom. The summed E-state index contributed by atoms with van der Waals surface area (Å²) < 4.78 is 0. The predicted molar refractivity (Wildman–Crippen MR) is 63.8 cm³/mol. The van der Waals surface area contributed by atoms with E-state index in [1.165, 1.54) is 36.8 Å². The zero-order valence-electron chi connectivity index (χ0n) is 9.37. The zero-order chi connectivity index (χ0) is 10.3. The van der Waals surface area contributed by atoms with Crippen molar-refractivity contribution >= 4 is 0 Å². The molecule has 0 heteroatoms. The smallest absolute Gasteiger partial charge is 0.00720 e. The van der Waals surface area contributed by atoms with Gasteiger partial charge in [0.2, 0.25) is 0 Å². The third-order valence-corrected chi connectivity index (χ3v) is 4.08. The largest absolute Gasteiger partial charge is 0.0848 e. The number of fused-ring (bicyclic) bond motifs is 2. The van der Waals surface area contributed by atoms with Crippen LogP contribution in [0.1, 0.15) is 30.4 Å². The molecule has 1 fully saturated rings. The van der Waals surface area contributed by atoms with Crippen LogP contribution < -0.4 is 0 Å². The molecule has 0 aromatic heterocycles. The van der Waals surface area contributed by atoms with Crippen molar-refractivity contribution < 1.29 is 0 Å². The first-order chi connectivity index (χ1) is 7.26. The van der Waals surface area contributed by atoms with E-state index in [-0.39, 0.29) is 0 Å². The van der Waals surface area contributed by atoms with Crippen molar-refractivity contribution in [2.75, 3.05) is 0 Å². The number of hydrogen-bond acceptors (Lipinski definition) is 0. The van der Waals surface area contributed by atoms with Gasteiger partial charge in [-0.3, -0.25) is 0 Å². The van der Waals surface area contributed by atoms with E-state index in [2.05, 4.69) is 43.3 Å². The maximum absolute atomic E-state index is 2.49. The topological polar surface area (TPSA) is 0 Å². The van der Waals surface area contributed by atoms with Crippen molar-refractivity contribution in [1.82, 2.24) is 0 Å². The molecule has 15 heavy (non-hydrogen) atoms. The highest BCUT2D eigenvalue weighted by atomic mass is 14.4. The molecule has 0 aliphatic heterocycles. The molecule has 2 aliphatic rings. The summed E-state index contributed by atoms with van der Waals surface area (Å²) in [6, 6.07) is 9.06. The third kappa shape index (κ3) is 1.62. The highest BCUT2D eigenvalue weighted by molar-refractivity contribution is 5.26. The first kappa shape index (κ1) is 9.21. The second-order valence-corrected chi connectivity index (χ2v) is 5.39. The van der Waals surface area contributed by atoms with E-state index in [0.717, 1.165) is 5.92 Å². The Bertz CT molecular complexity index is 385. The molecular weight excluding hydrogens is 180 g/mol. The minimum Gasteiger partial charge on any atom is -0.0848 e. The molecule has 0 saturated heterocycles. The lowest BCUT2D eigenvalue weighted by Gasteiger charge is -2.23. The fourth-order valence-corrected chi connectivity index (χ4v) is 3.19. The number of allylic oxidation sites excluding steroid dienone is 2. The Labute approximate surface area is 92.0 Å². The normalized spacial score (nSPS) is 32.5. The van der Waals surface area contributed by atoms with Gasteiger partial charge in [0.15, 0.2) is 0 Å². The summed E-state index contributed by atoms with van der Waals surface area (Å²) in [5.74, 6) is 0.899. The lowest BCUT2D eigenvalue weighted by molar-refractivity contribution is 0.401. The van der Waals surface area contributed by atoms with Gasteiger partial charge in [-0.25, -0.2) is 0 Å². The van der Waals surface area contributed by atoms with Crippen molar-refractivity contribution in [2.45, 2.75) is 32.6 Å². The molecule has 2 bridgehead atoms. The van der Waals surface area contributed by atoms with E-state index < -0.39 is 0 Å². The van der Waals surface area contributed by atoms with Crippen LogP contribution in [0.5, 0.6) is 0 Å². The summed E-state index contributed by atoms with van der Waals surface area (Å²) in [5.41, 5.74) is 3.40. The Morgan fingerprint density at radius 2 is 2.07 bits per heavy atom. The number of hydrogen-bond donors (Lipinski definition) is 0. The van der Waals surface area contributed by atoms with Crippen LogP contribution in [0, 0.1) is 18.3 Å². The summed E-state index contributed by atoms with van der Waals surface area (Å²) in [4.78, 5) is 0. The molecule has 0 amide bonds. The molecule has 1 aromatic rings. The predicted octanol–water partition coefficient (Wildman–Crippen LogP) is 3.89. The van der Waals surface area contributed by atoms with Crippen LogP contribution in [0.25, 0.3) is 0 Å². The lowest BCUT2D eigenvalue weighted by atomic mass is 9.81. The maximum Gasteiger partial charge on any atom is -0.00720 e. The Hall–Kier alpha value is -1.04. The van der Waals surface area contributed by atoms with Gasteiger partial charge in [-0.1, -0.05) is 42.0 Å². The minimum atomic E-state index is 0.528. The Balaban J connectivity index is 1.80. The van der Waals surface area contributed by atoms with Crippen molar-refractivity contribution in [3.05, 3.63) is 47.5 Å². The van der Waals surface area contributed by atoms with Crippen molar-refractivity contribution in [1.29, 1.82) is 0 Å². The highest BCUT2D eigenvalue weighted by Gasteiger charge is 2.40. The molecule has 1 aromatic carbocycles. The van der Waals surface area contributed by atoms with E-state index in [0.29, 0.717) is 5.41 Å². The fraction of sp³-hybridized carbons (Fsp3) is 0.467. The lowest BCUT2D eigenvalue weighted by Crippen LogP contribution is -2.14. The van der Waals surface area contributed by atoms with Gasteiger partial charge < -0.3 is 0 Å². The number of rotatable bonds is 2. The molecule has 0 spiro atoms. The van der Waals surface area contributed by atoms with Gasteiger partial charge in [-0.05, 0) is 49.5 Å². The minimum absolute atomic E-state index is 0.528. The summed E-state index contributed by atoms with van der Waals surface area (Å²) in [7, 11) is 0. The van der Waals surface area contributed by atoms with Gasteiger partial charge in [0.1, 0.15) is 0 Å². The molecule has 1 saturated carbocycles. The van der Waals surface area contributed by atoms with E-state index in [1.807, 2.05) is 0 Å². The quantitative estimate of drug-likeness (QED) is 0.632. The molecule has 2 aliphatic carbocycles. The summed E-state index contributed by atoms with van der Waals surface area (Å²) in [5, 5.41) is 0. The molecule has 0 radical (unpaired) electrons. The summed E-state index contributed by atoms with van der Waals surface area (Å²) in [6.45, 7) is 2.16.